The minimum absolute atomic E-state index is 0.102. The fraction of sp³-hybridized carbons (Fsp3) is 0.167. The molecule has 0 fully saturated rings. The fourth-order valence-corrected chi connectivity index (χ4v) is 1.61. The number of halogens is 1. The maximum absolute atomic E-state index is 11.5. The second kappa shape index (κ2) is 6.21. The van der Waals surface area contributed by atoms with Gasteiger partial charge < -0.3 is 15.7 Å². The smallest absolute Gasteiger partial charge is 0.319 e. The Hall–Kier alpha value is -2.05. The number of nitrogens with one attached hydrogen (secondary N) is 3. The van der Waals surface area contributed by atoms with Crippen LogP contribution in [0.4, 0.5) is 10.5 Å². The Bertz CT molecular complexity index is 527. The van der Waals surface area contributed by atoms with Gasteiger partial charge in [0.25, 0.3) is 0 Å². The molecule has 2 aromatic rings. The average molecular weight is 281 g/mol. The highest BCUT2D eigenvalue weighted by Crippen LogP contribution is 2.15. The van der Waals surface area contributed by atoms with Crippen LogP contribution >= 0.6 is 11.6 Å². The van der Waals surface area contributed by atoms with Gasteiger partial charge in [0.2, 0.25) is 0 Å². The summed E-state index contributed by atoms with van der Waals surface area (Å²) in [4.78, 5) is 11.5. The lowest BCUT2D eigenvalue weighted by Crippen LogP contribution is -2.32. The van der Waals surface area contributed by atoms with E-state index in [9.17, 15) is 9.90 Å². The molecule has 7 heteroatoms. The molecule has 1 unspecified atom stereocenters. The van der Waals surface area contributed by atoms with Crippen molar-refractivity contribution in [2.24, 2.45) is 0 Å². The number of nitrogens with zero attached hydrogens (tertiary/aromatic N) is 1. The van der Waals surface area contributed by atoms with E-state index >= 15 is 0 Å². The predicted molar refractivity (Wildman–Crippen MR) is 72.0 cm³/mol. The molecule has 0 radical (unpaired) electrons. The summed E-state index contributed by atoms with van der Waals surface area (Å²) >= 11 is 5.75. The molecule has 100 valence electrons. The summed E-state index contributed by atoms with van der Waals surface area (Å²) in [6.07, 6.45) is 2.25. The number of anilines is 1. The van der Waals surface area contributed by atoms with Gasteiger partial charge in [-0.15, -0.1) is 0 Å². The third kappa shape index (κ3) is 3.97. The summed E-state index contributed by atoms with van der Waals surface area (Å²) in [5.41, 5.74) is 1.24. The Kier molecular flexibility index (Phi) is 4.38. The molecule has 0 spiro atoms. The van der Waals surface area contributed by atoms with E-state index in [-0.39, 0.29) is 6.54 Å². The van der Waals surface area contributed by atoms with Gasteiger partial charge in [0.15, 0.2) is 0 Å². The van der Waals surface area contributed by atoms with E-state index in [2.05, 4.69) is 20.8 Å². The molecule has 2 amide bonds. The molecule has 0 saturated heterocycles. The summed E-state index contributed by atoms with van der Waals surface area (Å²) in [5, 5.41) is 21.9. The standard InChI is InChI=1S/C12H13ClN4O2/c13-9-3-1-8(2-4-9)11(18)7-14-12(19)17-10-5-15-16-6-10/h1-6,11,18H,7H2,(H,15,16)(H2,14,17,19). The van der Waals surface area contributed by atoms with E-state index in [0.29, 0.717) is 16.3 Å². The van der Waals surface area contributed by atoms with Crippen molar-refractivity contribution in [3.8, 4) is 0 Å². The van der Waals surface area contributed by atoms with Crippen LogP contribution in [0.3, 0.4) is 0 Å². The van der Waals surface area contributed by atoms with E-state index in [0.717, 1.165) is 0 Å². The number of amides is 2. The van der Waals surface area contributed by atoms with Gasteiger partial charge in [0, 0.05) is 17.8 Å². The molecule has 1 atom stereocenters. The topological polar surface area (TPSA) is 90.0 Å². The molecular formula is C12H13ClN4O2. The molecule has 0 saturated carbocycles. The van der Waals surface area contributed by atoms with Crippen LogP contribution in [0.1, 0.15) is 11.7 Å². The lowest BCUT2D eigenvalue weighted by molar-refractivity contribution is 0.175. The maximum atomic E-state index is 11.5. The third-order valence-electron chi connectivity index (χ3n) is 2.47. The number of carbonyl (C=O) groups excluding carboxylic acids is 1. The van der Waals surface area contributed by atoms with E-state index in [1.54, 1.807) is 30.5 Å². The van der Waals surface area contributed by atoms with Crippen LogP contribution in [0.25, 0.3) is 0 Å². The molecule has 0 aliphatic heterocycles. The monoisotopic (exact) mass is 280 g/mol. The quantitative estimate of drug-likeness (QED) is 0.690. The summed E-state index contributed by atoms with van der Waals surface area (Å²) in [6.45, 7) is 0.102. The Morgan fingerprint density at radius 1 is 1.42 bits per heavy atom. The number of hydrogen-bond donors (Lipinski definition) is 4. The molecule has 2 rings (SSSR count). The number of aliphatic hydroxyl groups excluding tert-OH is 1. The molecule has 0 aliphatic carbocycles. The van der Waals surface area contributed by atoms with Crippen molar-refractivity contribution in [3.05, 3.63) is 47.2 Å². The van der Waals surface area contributed by atoms with Crippen molar-refractivity contribution in [1.82, 2.24) is 15.5 Å². The predicted octanol–water partition coefficient (Wildman–Crippen LogP) is 1.92. The Balaban J connectivity index is 1.81. The first-order valence-electron chi connectivity index (χ1n) is 5.62. The largest absolute Gasteiger partial charge is 0.387 e. The number of aromatic nitrogens is 2. The van der Waals surface area contributed by atoms with Crippen LogP contribution in [0.2, 0.25) is 5.02 Å². The third-order valence-corrected chi connectivity index (χ3v) is 2.72. The molecule has 19 heavy (non-hydrogen) atoms. The molecule has 6 nitrogen and oxygen atoms in total. The zero-order valence-corrected chi connectivity index (χ0v) is 10.7. The van der Waals surface area contributed by atoms with Crippen molar-refractivity contribution in [1.29, 1.82) is 0 Å². The van der Waals surface area contributed by atoms with E-state index in [4.69, 9.17) is 11.6 Å². The van der Waals surface area contributed by atoms with Gasteiger partial charge in [0.05, 0.1) is 18.0 Å². The summed E-state index contributed by atoms with van der Waals surface area (Å²) in [5.74, 6) is 0. The van der Waals surface area contributed by atoms with Crippen LogP contribution in [0, 0.1) is 0 Å². The molecule has 0 bridgehead atoms. The van der Waals surface area contributed by atoms with Gasteiger partial charge in [-0.25, -0.2) is 4.79 Å². The van der Waals surface area contributed by atoms with Gasteiger partial charge in [-0.3, -0.25) is 5.10 Å². The number of aliphatic hydroxyl groups is 1. The van der Waals surface area contributed by atoms with Crippen molar-refractivity contribution < 1.29 is 9.90 Å². The zero-order valence-electron chi connectivity index (χ0n) is 9.93. The molecule has 1 aromatic carbocycles. The minimum Gasteiger partial charge on any atom is -0.387 e. The molecular weight excluding hydrogens is 268 g/mol. The number of aromatic amines is 1. The fourth-order valence-electron chi connectivity index (χ4n) is 1.49. The highest BCUT2D eigenvalue weighted by Gasteiger charge is 2.09. The highest BCUT2D eigenvalue weighted by atomic mass is 35.5. The number of H-pyrrole nitrogens is 1. The molecule has 1 aromatic heterocycles. The lowest BCUT2D eigenvalue weighted by Gasteiger charge is -2.12. The van der Waals surface area contributed by atoms with Crippen LogP contribution in [0.15, 0.2) is 36.7 Å². The lowest BCUT2D eigenvalue weighted by atomic mass is 10.1. The summed E-state index contributed by atoms with van der Waals surface area (Å²) < 4.78 is 0. The SMILES string of the molecule is O=C(NCC(O)c1ccc(Cl)cc1)Nc1cn[nH]c1. The van der Waals surface area contributed by atoms with Gasteiger partial charge >= 0.3 is 6.03 Å². The van der Waals surface area contributed by atoms with Crippen molar-refractivity contribution >= 4 is 23.3 Å². The minimum atomic E-state index is -0.785. The van der Waals surface area contributed by atoms with Crippen LogP contribution in [-0.4, -0.2) is 27.9 Å². The normalized spacial score (nSPS) is 11.9. The van der Waals surface area contributed by atoms with Crippen LogP contribution in [-0.2, 0) is 0 Å². The van der Waals surface area contributed by atoms with Gasteiger partial charge in [0.1, 0.15) is 0 Å². The van der Waals surface area contributed by atoms with Crippen LogP contribution < -0.4 is 10.6 Å². The van der Waals surface area contributed by atoms with Crippen LogP contribution in [0.5, 0.6) is 0 Å². The number of urea groups is 1. The van der Waals surface area contributed by atoms with Gasteiger partial charge in [-0.2, -0.15) is 5.10 Å². The molecule has 0 aliphatic rings. The number of hydrogen-bond acceptors (Lipinski definition) is 3. The molecule has 1 heterocycles. The Morgan fingerprint density at radius 2 is 2.16 bits per heavy atom. The van der Waals surface area contributed by atoms with Crippen molar-refractivity contribution in [2.75, 3.05) is 11.9 Å². The number of benzene rings is 1. The summed E-state index contributed by atoms with van der Waals surface area (Å²) in [7, 11) is 0. The first-order chi connectivity index (χ1) is 9.15. The first kappa shape index (κ1) is 13.4. The van der Waals surface area contributed by atoms with E-state index < -0.39 is 12.1 Å². The highest BCUT2D eigenvalue weighted by molar-refractivity contribution is 6.30. The zero-order chi connectivity index (χ0) is 13.7. The van der Waals surface area contributed by atoms with Gasteiger partial charge in [-0.05, 0) is 17.7 Å². The van der Waals surface area contributed by atoms with Crippen molar-refractivity contribution in [3.63, 3.8) is 0 Å². The average Bonchev–Trinajstić information content (AvgIpc) is 2.89. The van der Waals surface area contributed by atoms with E-state index in [1.165, 1.54) is 6.20 Å². The number of carbonyl (C=O) groups is 1. The van der Waals surface area contributed by atoms with Gasteiger partial charge in [-0.1, -0.05) is 23.7 Å². The molecule has 4 N–H and O–H groups in total. The van der Waals surface area contributed by atoms with E-state index in [1.807, 2.05) is 0 Å². The Morgan fingerprint density at radius 3 is 2.79 bits per heavy atom. The maximum Gasteiger partial charge on any atom is 0.319 e. The number of rotatable bonds is 4. The summed E-state index contributed by atoms with van der Waals surface area (Å²) in [6, 6.07) is 6.39. The first-order valence-corrected chi connectivity index (χ1v) is 6.00. The van der Waals surface area contributed by atoms with Crippen molar-refractivity contribution in [2.45, 2.75) is 6.10 Å². The second-order valence-electron chi connectivity index (χ2n) is 3.89. The Labute approximate surface area is 114 Å². The second-order valence-corrected chi connectivity index (χ2v) is 4.33.